The summed E-state index contributed by atoms with van der Waals surface area (Å²) in [4.78, 5) is 4.16. The Morgan fingerprint density at radius 1 is 1.64 bits per heavy atom. The molecule has 1 N–H and O–H groups in total. The average molecular weight is 190 g/mol. The minimum absolute atomic E-state index is 0.647. The summed E-state index contributed by atoms with van der Waals surface area (Å²) >= 11 is 0. The van der Waals surface area contributed by atoms with E-state index in [0.29, 0.717) is 5.92 Å². The van der Waals surface area contributed by atoms with E-state index in [1.807, 2.05) is 18.5 Å². The number of hydrogen-bond donors (Lipinski definition) is 1. The Bertz CT molecular complexity index is 265. The molecule has 76 valence electrons. The van der Waals surface area contributed by atoms with Gasteiger partial charge in [0.1, 0.15) is 0 Å². The van der Waals surface area contributed by atoms with Gasteiger partial charge in [0, 0.05) is 12.4 Å². The SMILES string of the molecule is CC(CC1CCNC1)c1cccnc1. The molecule has 2 rings (SSSR count). The third-order valence-corrected chi connectivity index (χ3v) is 3.10. The maximum atomic E-state index is 4.16. The Balaban J connectivity index is 1.92. The van der Waals surface area contributed by atoms with Gasteiger partial charge in [-0.25, -0.2) is 0 Å². The van der Waals surface area contributed by atoms with Crippen molar-refractivity contribution in [3.05, 3.63) is 30.1 Å². The third-order valence-electron chi connectivity index (χ3n) is 3.10. The van der Waals surface area contributed by atoms with Gasteiger partial charge < -0.3 is 5.32 Å². The minimum atomic E-state index is 0.647. The lowest BCUT2D eigenvalue weighted by Gasteiger charge is -2.15. The summed E-state index contributed by atoms with van der Waals surface area (Å²) in [7, 11) is 0. The highest BCUT2D eigenvalue weighted by Gasteiger charge is 2.18. The molecule has 0 bridgehead atoms. The van der Waals surface area contributed by atoms with Gasteiger partial charge in [-0.1, -0.05) is 13.0 Å². The molecular weight excluding hydrogens is 172 g/mol. The van der Waals surface area contributed by atoms with Gasteiger partial charge in [-0.05, 0) is 49.4 Å². The molecule has 1 aromatic rings. The lowest BCUT2D eigenvalue weighted by molar-refractivity contribution is 0.483. The van der Waals surface area contributed by atoms with Crippen LogP contribution >= 0.6 is 0 Å². The van der Waals surface area contributed by atoms with Gasteiger partial charge in [0.05, 0.1) is 0 Å². The Morgan fingerprint density at radius 2 is 2.57 bits per heavy atom. The molecule has 2 nitrogen and oxygen atoms in total. The van der Waals surface area contributed by atoms with Crippen molar-refractivity contribution in [1.29, 1.82) is 0 Å². The fourth-order valence-electron chi connectivity index (χ4n) is 2.22. The molecule has 0 saturated carbocycles. The van der Waals surface area contributed by atoms with Gasteiger partial charge in [0.15, 0.2) is 0 Å². The molecule has 1 fully saturated rings. The van der Waals surface area contributed by atoms with Crippen molar-refractivity contribution < 1.29 is 0 Å². The monoisotopic (exact) mass is 190 g/mol. The van der Waals surface area contributed by atoms with Crippen molar-refractivity contribution in [2.45, 2.75) is 25.7 Å². The molecule has 1 aliphatic heterocycles. The molecular formula is C12H18N2. The lowest BCUT2D eigenvalue weighted by atomic mass is 9.91. The quantitative estimate of drug-likeness (QED) is 0.790. The number of hydrogen-bond acceptors (Lipinski definition) is 2. The molecule has 2 heterocycles. The van der Waals surface area contributed by atoms with Crippen LogP contribution in [0.4, 0.5) is 0 Å². The predicted molar refractivity (Wildman–Crippen MR) is 58.2 cm³/mol. The summed E-state index contributed by atoms with van der Waals surface area (Å²) in [5.41, 5.74) is 1.37. The molecule has 2 unspecified atom stereocenters. The fourth-order valence-corrected chi connectivity index (χ4v) is 2.22. The zero-order valence-electron chi connectivity index (χ0n) is 8.74. The first kappa shape index (κ1) is 9.66. The predicted octanol–water partition coefficient (Wildman–Crippen LogP) is 2.18. The molecule has 1 aromatic heterocycles. The van der Waals surface area contributed by atoms with E-state index in [0.717, 1.165) is 5.92 Å². The molecule has 2 heteroatoms. The number of rotatable bonds is 3. The fraction of sp³-hybridized carbons (Fsp3) is 0.583. The Hall–Kier alpha value is -0.890. The first-order chi connectivity index (χ1) is 6.86. The zero-order valence-corrected chi connectivity index (χ0v) is 8.74. The van der Waals surface area contributed by atoms with Crippen molar-refractivity contribution in [3.8, 4) is 0 Å². The van der Waals surface area contributed by atoms with Gasteiger partial charge in [0.2, 0.25) is 0 Å². The molecule has 0 radical (unpaired) electrons. The van der Waals surface area contributed by atoms with Crippen LogP contribution in [0, 0.1) is 5.92 Å². The van der Waals surface area contributed by atoms with Gasteiger partial charge in [0.25, 0.3) is 0 Å². The van der Waals surface area contributed by atoms with Crippen LogP contribution in [-0.2, 0) is 0 Å². The molecule has 0 amide bonds. The van der Waals surface area contributed by atoms with Crippen LogP contribution in [0.15, 0.2) is 24.5 Å². The summed E-state index contributed by atoms with van der Waals surface area (Å²) in [5.74, 6) is 1.51. The van der Waals surface area contributed by atoms with Crippen LogP contribution < -0.4 is 5.32 Å². The van der Waals surface area contributed by atoms with E-state index in [-0.39, 0.29) is 0 Å². The number of nitrogens with zero attached hydrogens (tertiary/aromatic N) is 1. The van der Waals surface area contributed by atoms with Crippen molar-refractivity contribution in [2.24, 2.45) is 5.92 Å². The van der Waals surface area contributed by atoms with Crippen molar-refractivity contribution in [3.63, 3.8) is 0 Å². The second-order valence-corrected chi connectivity index (χ2v) is 4.28. The number of nitrogens with one attached hydrogen (secondary N) is 1. The largest absolute Gasteiger partial charge is 0.316 e. The highest BCUT2D eigenvalue weighted by Crippen LogP contribution is 2.25. The summed E-state index contributed by atoms with van der Waals surface area (Å²) < 4.78 is 0. The number of pyridine rings is 1. The Kier molecular flexibility index (Phi) is 3.14. The van der Waals surface area contributed by atoms with Crippen LogP contribution in [0.2, 0.25) is 0 Å². The minimum Gasteiger partial charge on any atom is -0.316 e. The van der Waals surface area contributed by atoms with Crippen LogP contribution in [0.5, 0.6) is 0 Å². The van der Waals surface area contributed by atoms with E-state index in [1.165, 1.54) is 31.5 Å². The van der Waals surface area contributed by atoms with Crippen molar-refractivity contribution in [1.82, 2.24) is 10.3 Å². The summed E-state index contributed by atoms with van der Waals surface area (Å²) in [6.07, 6.45) is 6.46. The van der Waals surface area contributed by atoms with Crippen LogP contribution in [0.1, 0.15) is 31.2 Å². The van der Waals surface area contributed by atoms with Crippen LogP contribution in [0.25, 0.3) is 0 Å². The second-order valence-electron chi connectivity index (χ2n) is 4.28. The summed E-state index contributed by atoms with van der Waals surface area (Å²) in [5, 5.41) is 3.41. The molecule has 0 spiro atoms. The first-order valence-corrected chi connectivity index (χ1v) is 5.47. The van der Waals surface area contributed by atoms with E-state index in [9.17, 15) is 0 Å². The second kappa shape index (κ2) is 4.56. The molecule has 1 aliphatic rings. The topological polar surface area (TPSA) is 24.9 Å². The lowest BCUT2D eigenvalue weighted by Crippen LogP contribution is -2.11. The maximum absolute atomic E-state index is 4.16. The number of aromatic nitrogens is 1. The molecule has 1 saturated heterocycles. The molecule has 2 atom stereocenters. The standard InChI is InChI=1S/C12H18N2/c1-10(7-11-4-6-14-8-11)12-3-2-5-13-9-12/h2-3,5,9-11,14H,4,6-8H2,1H3. The third kappa shape index (κ3) is 2.32. The first-order valence-electron chi connectivity index (χ1n) is 5.47. The Labute approximate surface area is 85.7 Å². The smallest absolute Gasteiger partial charge is 0.0302 e. The van der Waals surface area contributed by atoms with E-state index >= 15 is 0 Å². The molecule has 14 heavy (non-hydrogen) atoms. The maximum Gasteiger partial charge on any atom is 0.0302 e. The van der Waals surface area contributed by atoms with Crippen LogP contribution in [-0.4, -0.2) is 18.1 Å². The van der Waals surface area contributed by atoms with Crippen molar-refractivity contribution in [2.75, 3.05) is 13.1 Å². The Morgan fingerprint density at radius 3 is 3.21 bits per heavy atom. The normalized spacial score (nSPS) is 23.6. The summed E-state index contributed by atoms with van der Waals surface area (Å²) in [6.45, 7) is 4.70. The van der Waals surface area contributed by atoms with Crippen LogP contribution in [0.3, 0.4) is 0 Å². The van der Waals surface area contributed by atoms with Gasteiger partial charge in [-0.15, -0.1) is 0 Å². The highest BCUT2D eigenvalue weighted by molar-refractivity contribution is 5.13. The van der Waals surface area contributed by atoms with E-state index < -0.39 is 0 Å². The van der Waals surface area contributed by atoms with E-state index in [1.54, 1.807) is 0 Å². The van der Waals surface area contributed by atoms with Crippen molar-refractivity contribution >= 4 is 0 Å². The molecule has 0 aromatic carbocycles. The van der Waals surface area contributed by atoms with Gasteiger partial charge in [-0.2, -0.15) is 0 Å². The van der Waals surface area contributed by atoms with Gasteiger partial charge >= 0.3 is 0 Å². The van der Waals surface area contributed by atoms with E-state index in [2.05, 4.69) is 23.3 Å². The highest BCUT2D eigenvalue weighted by atomic mass is 14.9. The van der Waals surface area contributed by atoms with Gasteiger partial charge in [-0.3, -0.25) is 4.98 Å². The summed E-state index contributed by atoms with van der Waals surface area (Å²) in [6, 6.07) is 4.21. The molecule has 0 aliphatic carbocycles. The average Bonchev–Trinajstić information content (AvgIpc) is 2.72. The van der Waals surface area contributed by atoms with E-state index in [4.69, 9.17) is 0 Å². The zero-order chi connectivity index (χ0) is 9.80.